The van der Waals surface area contributed by atoms with Crippen LogP contribution in [0.3, 0.4) is 0 Å². The number of hydroxylamine groups is 2. The van der Waals surface area contributed by atoms with Crippen molar-refractivity contribution in [1.82, 2.24) is 0 Å². The molecule has 0 spiro atoms. The van der Waals surface area contributed by atoms with Crippen molar-refractivity contribution in [2.45, 2.75) is 57.7 Å². The molecule has 0 amide bonds. The summed E-state index contributed by atoms with van der Waals surface area (Å²) in [5, 5.41) is 27.1. The van der Waals surface area contributed by atoms with Gasteiger partial charge in [-0.2, -0.15) is 0 Å². The van der Waals surface area contributed by atoms with Gasteiger partial charge in [0.15, 0.2) is 0 Å². The molecule has 0 aliphatic carbocycles. The van der Waals surface area contributed by atoms with Crippen LogP contribution in [0.4, 0.5) is 0 Å². The van der Waals surface area contributed by atoms with Crippen molar-refractivity contribution in [3.63, 3.8) is 0 Å². The second-order valence-electron chi connectivity index (χ2n) is 5.59. The Labute approximate surface area is 101 Å². The lowest BCUT2D eigenvalue weighted by molar-refractivity contribution is -0.956. The normalized spacial score (nSPS) is 30.0. The van der Waals surface area contributed by atoms with E-state index in [-0.39, 0.29) is 17.2 Å². The lowest BCUT2D eigenvalue weighted by atomic mass is 9.80. The van der Waals surface area contributed by atoms with Crippen molar-refractivity contribution in [2.24, 2.45) is 0 Å². The van der Waals surface area contributed by atoms with Crippen molar-refractivity contribution in [1.29, 1.82) is 0 Å². The van der Waals surface area contributed by atoms with Crippen LogP contribution >= 0.6 is 0 Å². The van der Waals surface area contributed by atoms with E-state index < -0.39 is 5.09 Å². The molecular weight excluding hydrogens is 228 g/mol. The zero-order valence-corrected chi connectivity index (χ0v) is 11.0. The van der Waals surface area contributed by atoms with Crippen molar-refractivity contribution < 1.29 is 14.9 Å². The Morgan fingerprint density at radius 3 is 1.71 bits per heavy atom. The SMILES string of the molecule is COC1CC(C)(C)[NH+]([O-])C(C)(C)C1.O=[N+]([O-])[O-]. The number of quaternary nitrogens is 1. The third-order valence-electron chi connectivity index (χ3n) is 3.04. The summed E-state index contributed by atoms with van der Waals surface area (Å²) in [6, 6.07) is 0. The van der Waals surface area contributed by atoms with Crippen LogP contribution in [-0.2, 0) is 4.74 Å². The fraction of sp³-hybridized carbons (Fsp3) is 1.00. The number of hydrogen-bond donors (Lipinski definition) is 1. The average molecular weight is 249 g/mol. The number of rotatable bonds is 1. The molecule has 1 aliphatic rings. The molecule has 0 atom stereocenters. The maximum Gasteiger partial charge on any atom is 0.0946 e. The van der Waals surface area contributed by atoms with Gasteiger partial charge in [-0.05, 0) is 27.7 Å². The van der Waals surface area contributed by atoms with E-state index in [4.69, 9.17) is 20.1 Å². The molecule has 0 unspecified atom stereocenters. The molecule has 0 radical (unpaired) electrons. The largest absolute Gasteiger partial charge is 0.634 e. The average Bonchev–Trinajstić information content (AvgIpc) is 2.12. The summed E-state index contributed by atoms with van der Waals surface area (Å²) in [6.45, 7) is 8.06. The van der Waals surface area contributed by atoms with Crippen LogP contribution in [0.15, 0.2) is 0 Å². The van der Waals surface area contributed by atoms with Crippen molar-refractivity contribution in [2.75, 3.05) is 7.11 Å². The first-order chi connectivity index (χ1) is 7.53. The first-order valence-corrected chi connectivity index (χ1v) is 5.42. The number of nitrogens with one attached hydrogen (secondary N) is 1. The molecule has 7 nitrogen and oxygen atoms in total. The maximum absolute atomic E-state index is 12.0. The molecule has 0 aromatic rings. The smallest absolute Gasteiger partial charge is 0.0946 e. The Balaban J connectivity index is 0.000000557. The Kier molecular flexibility index (Phi) is 5.31. The second kappa shape index (κ2) is 5.61. The summed E-state index contributed by atoms with van der Waals surface area (Å²) in [5.74, 6) is 0. The van der Waals surface area contributed by atoms with E-state index in [1.165, 1.54) is 0 Å². The number of ether oxygens (including phenoxy) is 1. The Morgan fingerprint density at radius 2 is 1.47 bits per heavy atom. The van der Waals surface area contributed by atoms with Crippen LogP contribution in [0.25, 0.3) is 0 Å². The van der Waals surface area contributed by atoms with Crippen LogP contribution in [0.5, 0.6) is 0 Å². The number of hydrogen-bond acceptors (Lipinski definition) is 5. The Morgan fingerprint density at radius 1 is 1.18 bits per heavy atom. The van der Waals surface area contributed by atoms with E-state index in [0.717, 1.165) is 12.8 Å². The summed E-state index contributed by atoms with van der Waals surface area (Å²) < 4.78 is 5.36. The van der Waals surface area contributed by atoms with Gasteiger partial charge in [-0.15, -0.1) is 0 Å². The van der Waals surface area contributed by atoms with Crippen LogP contribution < -0.4 is 5.06 Å². The van der Waals surface area contributed by atoms with Gasteiger partial charge in [-0.25, -0.2) is 0 Å². The highest BCUT2D eigenvalue weighted by atomic mass is 16.9. The van der Waals surface area contributed by atoms with Crippen LogP contribution in [-0.4, -0.2) is 29.4 Å². The first-order valence-electron chi connectivity index (χ1n) is 5.42. The highest BCUT2D eigenvalue weighted by Gasteiger charge is 2.45. The van der Waals surface area contributed by atoms with Gasteiger partial charge in [-0.1, -0.05) is 0 Å². The monoisotopic (exact) mass is 249 g/mol. The lowest BCUT2D eigenvalue weighted by Gasteiger charge is -2.54. The number of piperidine rings is 1. The minimum absolute atomic E-state index is 0.220. The molecule has 1 rings (SSSR count). The molecule has 7 heteroatoms. The van der Waals surface area contributed by atoms with E-state index in [9.17, 15) is 5.21 Å². The second-order valence-corrected chi connectivity index (χ2v) is 5.59. The molecule has 0 bridgehead atoms. The fourth-order valence-electron chi connectivity index (χ4n) is 2.48. The van der Waals surface area contributed by atoms with Crippen LogP contribution in [0.1, 0.15) is 40.5 Å². The number of methoxy groups -OCH3 is 1. The summed E-state index contributed by atoms with van der Waals surface area (Å²) >= 11 is 0. The first kappa shape index (κ1) is 16.1. The standard InChI is InChI=1S/C10H21NO2.NO3/c1-9(2)6-8(13-5)7-10(3,4)11(9)12;2-1(3)4/h8,11H,6-7H2,1-5H3;/q;-1. The minimum Gasteiger partial charge on any atom is -0.634 e. The van der Waals surface area contributed by atoms with E-state index >= 15 is 0 Å². The highest BCUT2D eigenvalue weighted by Crippen LogP contribution is 2.25. The summed E-state index contributed by atoms with van der Waals surface area (Å²) in [7, 11) is 1.73. The lowest BCUT2D eigenvalue weighted by Crippen LogP contribution is -3.23. The van der Waals surface area contributed by atoms with E-state index in [1.54, 1.807) is 7.11 Å². The molecular formula is C10H21N2O5-. The van der Waals surface area contributed by atoms with Gasteiger partial charge in [0.2, 0.25) is 0 Å². The van der Waals surface area contributed by atoms with Gasteiger partial charge < -0.3 is 30.3 Å². The Bertz CT molecular complexity index is 245. The van der Waals surface area contributed by atoms with Gasteiger partial charge >= 0.3 is 0 Å². The maximum atomic E-state index is 12.0. The summed E-state index contributed by atoms with van der Waals surface area (Å²) in [6.07, 6.45) is 1.94. The predicted octanol–water partition coefficient (Wildman–Crippen LogP) is 0.496. The molecule has 1 aliphatic heterocycles. The molecule has 1 heterocycles. The third-order valence-corrected chi connectivity index (χ3v) is 3.04. The Hall–Kier alpha value is -0.920. The molecule has 17 heavy (non-hydrogen) atoms. The zero-order valence-electron chi connectivity index (χ0n) is 11.0. The van der Waals surface area contributed by atoms with Gasteiger partial charge in [0, 0.05) is 20.0 Å². The molecule has 1 N–H and O–H groups in total. The van der Waals surface area contributed by atoms with E-state index in [2.05, 4.69) is 0 Å². The zero-order chi connectivity index (χ0) is 13.9. The van der Waals surface area contributed by atoms with Gasteiger partial charge in [0.25, 0.3) is 0 Å². The summed E-state index contributed by atoms with van der Waals surface area (Å²) in [4.78, 5) is 8.25. The van der Waals surface area contributed by atoms with Crippen molar-refractivity contribution in [3.05, 3.63) is 20.5 Å². The van der Waals surface area contributed by atoms with Gasteiger partial charge in [0.05, 0.1) is 22.3 Å². The third kappa shape index (κ3) is 4.84. The van der Waals surface area contributed by atoms with Crippen LogP contribution in [0, 0.1) is 20.5 Å². The molecule has 1 saturated heterocycles. The van der Waals surface area contributed by atoms with Crippen molar-refractivity contribution in [3.8, 4) is 0 Å². The van der Waals surface area contributed by atoms with E-state index in [1.807, 2.05) is 27.7 Å². The quantitative estimate of drug-likeness (QED) is 0.414. The fourth-order valence-corrected chi connectivity index (χ4v) is 2.48. The molecule has 0 saturated carbocycles. The number of nitrogens with zero attached hydrogens (tertiary/aromatic N) is 1. The predicted molar refractivity (Wildman–Crippen MR) is 62.9 cm³/mol. The summed E-state index contributed by atoms with van der Waals surface area (Å²) in [5.41, 5.74) is -0.440. The van der Waals surface area contributed by atoms with E-state index in [0.29, 0.717) is 5.06 Å². The molecule has 0 aromatic carbocycles. The topological polar surface area (TPSA) is 103 Å². The van der Waals surface area contributed by atoms with Crippen molar-refractivity contribution >= 4 is 0 Å². The molecule has 102 valence electrons. The van der Waals surface area contributed by atoms with Gasteiger partial charge in [0.1, 0.15) is 0 Å². The highest BCUT2D eigenvalue weighted by molar-refractivity contribution is 4.86. The molecule has 0 aromatic heterocycles. The van der Waals surface area contributed by atoms with Gasteiger partial charge in [-0.3, -0.25) is 0 Å². The minimum atomic E-state index is -1.75. The molecule has 1 fully saturated rings. The van der Waals surface area contributed by atoms with Crippen LogP contribution in [0.2, 0.25) is 0 Å².